The number of hydrogen-bond donors (Lipinski definition) is 1. The van der Waals surface area contributed by atoms with Crippen molar-refractivity contribution in [3.05, 3.63) is 72.3 Å². The van der Waals surface area contributed by atoms with Crippen molar-refractivity contribution in [2.75, 3.05) is 19.4 Å². The zero-order valence-electron chi connectivity index (χ0n) is 15.9. The first-order chi connectivity index (χ1) is 12.3. The van der Waals surface area contributed by atoms with Crippen LogP contribution >= 0.6 is 0 Å². The van der Waals surface area contributed by atoms with E-state index in [1.807, 2.05) is 13.8 Å². The summed E-state index contributed by atoms with van der Waals surface area (Å²) in [7, 11) is 3.61. The highest BCUT2D eigenvalue weighted by Crippen LogP contribution is 2.26. The predicted octanol–water partition coefficient (Wildman–Crippen LogP) is 5.24. The van der Waals surface area contributed by atoms with E-state index in [1.54, 1.807) is 19.0 Å². The Hall–Kier alpha value is -2.81. The van der Waals surface area contributed by atoms with Crippen LogP contribution in [0.25, 0.3) is 10.8 Å². The van der Waals surface area contributed by atoms with Gasteiger partial charge in [-0.2, -0.15) is 0 Å². The number of amides is 1. The largest absolute Gasteiger partial charge is 0.356 e. The van der Waals surface area contributed by atoms with E-state index >= 15 is 0 Å². The minimum atomic E-state index is -0.406. The van der Waals surface area contributed by atoms with Gasteiger partial charge in [0.1, 0.15) is 0 Å². The molecule has 0 aromatic heterocycles. The Bertz CT molecular complexity index is 911. The maximum absolute atomic E-state index is 12.3. The Kier molecular flexibility index (Phi) is 4.99. The summed E-state index contributed by atoms with van der Waals surface area (Å²) in [4.78, 5) is 14.0. The number of rotatable bonds is 5. The lowest BCUT2D eigenvalue weighted by Crippen LogP contribution is -2.37. The van der Waals surface area contributed by atoms with Crippen molar-refractivity contribution < 1.29 is 4.79 Å². The summed E-state index contributed by atoms with van der Waals surface area (Å²) in [5, 5.41) is 5.91. The monoisotopic (exact) mass is 346 g/mol. The van der Waals surface area contributed by atoms with Gasteiger partial charge in [-0.05, 0) is 47.0 Å². The molecule has 0 heterocycles. The number of anilines is 2. The fourth-order valence-electron chi connectivity index (χ4n) is 3.33. The first-order valence-corrected chi connectivity index (χ1v) is 8.92. The molecule has 3 heteroatoms. The molecule has 0 saturated heterocycles. The van der Waals surface area contributed by atoms with Crippen LogP contribution in [0.3, 0.4) is 0 Å². The minimum Gasteiger partial charge on any atom is -0.356 e. The quantitative estimate of drug-likeness (QED) is 0.685. The van der Waals surface area contributed by atoms with Crippen molar-refractivity contribution in [3.8, 4) is 0 Å². The number of nitrogens with one attached hydrogen (secondary N) is 1. The van der Waals surface area contributed by atoms with Gasteiger partial charge in [0.25, 0.3) is 0 Å². The van der Waals surface area contributed by atoms with Crippen LogP contribution in [0.4, 0.5) is 11.4 Å². The summed E-state index contributed by atoms with van der Waals surface area (Å²) in [5.41, 5.74) is 2.87. The summed E-state index contributed by atoms with van der Waals surface area (Å²) in [6.07, 6.45) is 0.722. The average molecular weight is 346 g/mol. The van der Waals surface area contributed by atoms with Crippen LogP contribution in [0.15, 0.2) is 66.7 Å². The maximum atomic E-state index is 12.3. The normalized spacial score (nSPS) is 11.4. The maximum Gasteiger partial charge on any atom is 0.228 e. The van der Waals surface area contributed by atoms with Crippen molar-refractivity contribution in [3.63, 3.8) is 0 Å². The van der Waals surface area contributed by atoms with E-state index in [0.29, 0.717) is 0 Å². The van der Waals surface area contributed by atoms with Gasteiger partial charge in [-0.3, -0.25) is 4.79 Å². The SMILES string of the molecule is CN(C)C(=O)C(C)(C)Cc1ccc(Nc2ccc3ccccc3c2)cc1. The van der Waals surface area contributed by atoms with Crippen LogP contribution in [0, 0.1) is 5.41 Å². The van der Waals surface area contributed by atoms with Crippen molar-refractivity contribution >= 4 is 28.1 Å². The third-order valence-corrected chi connectivity index (χ3v) is 4.62. The highest BCUT2D eigenvalue weighted by Gasteiger charge is 2.29. The second-order valence-electron chi connectivity index (χ2n) is 7.64. The second-order valence-corrected chi connectivity index (χ2v) is 7.64. The molecule has 134 valence electrons. The molecular formula is C23H26N2O. The Morgan fingerprint density at radius 2 is 1.50 bits per heavy atom. The molecule has 0 aliphatic rings. The first kappa shape index (κ1) is 18.0. The van der Waals surface area contributed by atoms with E-state index in [1.165, 1.54) is 10.8 Å². The summed E-state index contributed by atoms with van der Waals surface area (Å²) in [6, 6.07) is 23.0. The number of carbonyl (C=O) groups excluding carboxylic acids is 1. The first-order valence-electron chi connectivity index (χ1n) is 8.92. The predicted molar refractivity (Wildman–Crippen MR) is 110 cm³/mol. The molecule has 26 heavy (non-hydrogen) atoms. The van der Waals surface area contributed by atoms with Gasteiger partial charge in [0.15, 0.2) is 0 Å². The number of hydrogen-bond acceptors (Lipinski definition) is 2. The second kappa shape index (κ2) is 7.20. The van der Waals surface area contributed by atoms with Crippen LogP contribution in [0.1, 0.15) is 19.4 Å². The molecule has 3 nitrogen and oxygen atoms in total. The van der Waals surface area contributed by atoms with Crippen molar-refractivity contribution in [1.82, 2.24) is 4.90 Å². The van der Waals surface area contributed by atoms with Gasteiger partial charge in [0.2, 0.25) is 5.91 Å². The van der Waals surface area contributed by atoms with E-state index in [2.05, 4.69) is 72.0 Å². The molecule has 0 atom stereocenters. The van der Waals surface area contributed by atoms with Crippen molar-refractivity contribution in [2.24, 2.45) is 5.41 Å². The zero-order chi connectivity index (χ0) is 18.7. The molecule has 3 aromatic rings. The lowest BCUT2D eigenvalue weighted by Gasteiger charge is -2.27. The zero-order valence-corrected chi connectivity index (χ0v) is 15.9. The molecule has 0 bridgehead atoms. The Morgan fingerprint density at radius 3 is 2.15 bits per heavy atom. The molecular weight excluding hydrogens is 320 g/mol. The Labute approximate surface area is 155 Å². The molecule has 1 amide bonds. The number of carbonyl (C=O) groups is 1. The van der Waals surface area contributed by atoms with Gasteiger partial charge < -0.3 is 10.2 Å². The molecule has 3 aromatic carbocycles. The average Bonchev–Trinajstić information content (AvgIpc) is 2.62. The molecule has 0 spiro atoms. The van der Waals surface area contributed by atoms with Gasteiger partial charge in [-0.1, -0.05) is 56.3 Å². The molecule has 0 fully saturated rings. The smallest absolute Gasteiger partial charge is 0.228 e. The fourth-order valence-corrected chi connectivity index (χ4v) is 3.33. The van der Waals surface area contributed by atoms with Crippen LogP contribution in [-0.2, 0) is 11.2 Å². The topological polar surface area (TPSA) is 32.3 Å². The lowest BCUT2D eigenvalue weighted by molar-refractivity contribution is -0.137. The van der Waals surface area contributed by atoms with Gasteiger partial charge in [-0.25, -0.2) is 0 Å². The molecule has 0 aliphatic heterocycles. The highest BCUT2D eigenvalue weighted by atomic mass is 16.2. The molecule has 0 unspecified atom stereocenters. The van der Waals surface area contributed by atoms with E-state index in [0.717, 1.165) is 23.4 Å². The molecule has 0 aliphatic carbocycles. The molecule has 3 rings (SSSR count). The van der Waals surface area contributed by atoms with Crippen LogP contribution < -0.4 is 5.32 Å². The van der Waals surface area contributed by atoms with Gasteiger partial charge in [0.05, 0.1) is 0 Å². The van der Waals surface area contributed by atoms with Crippen LogP contribution in [0.2, 0.25) is 0 Å². The Balaban J connectivity index is 1.72. The summed E-state index contributed by atoms with van der Waals surface area (Å²) >= 11 is 0. The van der Waals surface area contributed by atoms with Gasteiger partial charge >= 0.3 is 0 Å². The fraction of sp³-hybridized carbons (Fsp3) is 0.261. The van der Waals surface area contributed by atoms with E-state index in [4.69, 9.17) is 0 Å². The number of benzene rings is 3. The highest BCUT2D eigenvalue weighted by molar-refractivity contribution is 5.86. The Morgan fingerprint density at radius 1 is 0.885 bits per heavy atom. The standard InChI is InChI=1S/C23H26N2O/c1-23(2,22(26)25(3)4)16-17-9-12-20(13-10-17)24-21-14-11-18-7-5-6-8-19(18)15-21/h5-15,24H,16H2,1-4H3. The van der Waals surface area contributed by atoms with Crippen LogP contribution in [-0.4, -0.2) is 24.9 Å². The van der Waals surface area contributed by atoms with E-state index in [9.17, 15) is 4.79 Å². The lowest BCUT2D eigenvalue weighted by atomic mass is 9.84. The van der Waals surface area contributed by atoms with E-state index in [-0.39, 0.29) is 5.91 Å². The van der Waals surface area contributed by atoms with Gasteiger partial charge in [0, 0.05) is 30.9 Å². The van der Waals surface area contributed by atoms with Crippen molar-refractivity contribution in [2.45, 2.75) is 20.3 Å². The van der Waals surface area contributed by atoms with Gasteiger partial charge in [-0.15, -0.1) is 0 Å². The summed E-state index contributed by atoms with van der Waals surface area (Å²) in [5.74, 6) is 0.149. The molecule has 0 saturated carbocycles. The third-order valence-electron chi connectivity index (χ3n) is 4.62. The number of nitrogens with zero attached hydrogens (tertiary/aromatic N) is 1. The molecule has 1 N–H and O–H groups in total. The van der Waals surface area contributed by atoms with Crippen LogP contribution in [0.5, 0.6) is 0 Å². The van der Waals surface area contributed by atoms with E-state index < -0.39 is 5.41 Å². The third kappa shape index (κ3) is 4.05. The van der Waals surface area contributed by atoms with Crippen molar-refractivity contribution in [1.29, 1.82) is 0 Å². The summed E-state index contributed by atoms with van der Waals surface area (Å²) < 4.78 is 0. The number of fused-ring (bicyclic) bond motifs is 1. The molecule has 0 radical (unpaired) electrons. The minimum absolute atomic E-state index is 0.149. The summed E-state index contributed by atoms with van der Waals surface area (Å²) in [6.45, 7) is 3.99.